The van der Waals surface area contributed by atoms with Crippen LogP contribution in [-0.2, 0) is 4.74 Å². The lowest BCUT2D eigenvalue weighted by Crippen LogP contribution is -2.54. The predicted molar refractivity (Wildman–Crippen MR) is 145 cm³/mol. The molecule has 0 amide bonds. The highest BCUT2D eigenvalue weighted by molar-refractivity contribution is 5.82. The SMILES string of the molecule is CC12CC=C3C=C4CCC(CN5CCC(F)C5)C[C@]45CC[C@]3(O5)[C@@H]1CCC2c1ccc2ccncc2c1. The van der Waals surface area contributed by atoms with E-state index < -0.39 is 6.17 Å². The van der Waals surface area contributed by atoms with Crippen molar-refractivity contribution in [2.24, 2.45) is 17.3 Å². The Labute approximate surface area is 220 Å². The zero-order valence-electron chi connectivity index (χ0n) is 22.1. The second-order valence-corrected chi connectivity index (χ2v) is 13.4. The topological polar surface area (TPSA) is 25.4 Å². The second kappa shape index (κ2) is 7.99. The van der Waals surface area contributed by atoms with E-state index in [0.29, 0.717) is 30.7 Å². The number of alkyl halides is 1. The zero-order chi connectivity index (χ0) is 24.8. The van der Waals surface area contributed by atoms with Gasteiger partial charge < -0.3 is 9.64 Å². The van der Waals surface area contributed by atoms with Crippen LogP contribution >= 0.6 is 0 Å². The average molecular weight is 499 g/mol. The first-order chi connectivity index (χ1) is 18.0. The molecule has 0 N–H and O–H groups in total. The van der Waals surface area contributed by atoms with Gasteiger partial charge in [0.2, 0.25) is 0 Å². The molecule has 8 rings (SSSR count). The molecule has 2 saturated heterocycles. The van der Waals surface area contributed by atoms with E-state index >= 15 is 0 Å². The maximum Gasteiger partial charge on any atom is 0.114 e. The third kappa shape index (κ3) is 3.27. The fourth-order valence-electron chi connectivity index (χ4n) is 9.85. The van der Waals surface area contributed by atoms with Crippen LogP contribution < -0.4 is 0 Å². The minimum Gasteiger partial charge on any atom is -0.359 e. The highest BCUT2D eigenvalue weighted by Gasteiger charge is 2.66. The molecule has 194 valence electrons. The number of halogens is 1. The predicted octanol–water partition coefficient (Wildman–Crippen LogP) is 7.14. The fraction of sp³-hybridized carbons (Fsp3) is 0.606. The summed E-state index contributed by atoms with van der Waals surface area (Å²) in [6.07, 6.45) is 18.6. The van der Waals surface area contributed by atoms with Gasteiger partial charge in [0.1, 0.15) is 6.17 Å². The molecule has 1 aromatic heterocycles. The molecule has 4 unspecified atom stereocenters. The molecule has 1 aromatic carbocycles. The number of pyridine rings is 1. The first-order valence-corrected chi connectivity index (χ1v) is 14.8. The minimum atomic E-state index is -0.625. The molecule has 2 saturated carbocycles. The molecule has 7 atom stereocenters. The van der Waals surface area contributed by atoms with Gasteiger partial charge in [0, 0.05) is 37.4 Å². The van der Waals surface area contributed by atoms with Crippen molar-refractivity contribution < 1.29 is 9.13 Å². The highest BCUT2D eigenvalue weighted by Crippen LogP contribution is 2.69. The largest absolute Gasteiger partial charge is 0.359 e. The molecule has 2 bridgehead atoms. The van der Waals surface area contributed by atoms with Crippen LogP contribution in [-0.4, -0.2) is 46.9 Å². The minimum absolute atomic E-state index is 0.0694. The van der Waals surface area contributed by atoms with Crippen LogP contribution in [0, 0.1) is 17.3 Å². The number of nitrogens with zero attached hydrogens (tertiary/aromatic N) is 2. The molecule has 3 aliphatic heterocycles. The summed E-state index contributed by atoms with van der Waals surface area (Å²) in [5, 5.41) is 2.53. The molecular weight excluding hydrogens is 459 g/mol. The van der Waals surface area contributed by atoms with Crippen molar-refractivity contribution in [3.63, 3.8) is 0 Å². The summed E-state index contributed by atoms with van der Waals surface area (Å²) >= 11 is 0. The number of fused-ring (bicyclic) bond motifs is 2. The lowest BCUT2D eigenvalue weighted by atomic mass is 9.58. The quantitative estimate of drug-likeness (QED) is 0.450. The van der Waals surface area contributed by atoms with Crippen molar-refractivity contribution in [1.29, 1.82) is 0 Å². The Morgan fingerprint density at radius 1 is 1.11 bits per heavy atom. The Bertz CT molecular complexity index is 1320. The summed E-state index contributed by atoms with van der Waals surface area (Å²) in [6.45, 7) is 5.17. The van der Waals surface area contributed by atoms with Gasteiger partial charge in [0.05, 0.1) is 11.2 Å². The van der Waals surface area contributed by atoms with Crippen LogP contribution in [0.4, 0.5) is 4.39 Å². The van der Waals surface area contributed by atoms with E-state index in [1.54, 1.807) is 5.57 Å². The number of allylic oxidation sites excluding steroid dienone is 1. The van der Waals surface area contributed by atoms with E-state index in [2.05, 4.69) is 53.2 Å². The van der Waals surface area contributed by atoms with Gasteiger partial charge in [-0.15, -0.1) is 0 Å². The van der Waals surface area contributed by atoms with Gasteiger partial charge in [0.15, 0.2) is 0 Å². The number of hydrogen-bond donors (Lipinski definition) is 0. The number of benzene rings is 1. The monoisotopic (exact) mass is 498 g/mol. The van der Waals surface area contributed by atoms with Gasteiger partial charge in [-0.2, -0.15) is 0 Å². The summed E-state index contributed by atoms with van der Waals surface area (Å²) in [5.41, 5.74) is 4.58. The molecule has 2 aromatic rings. The van der Waals surface area contributed by atoms with E-state index in [1.165, 1.54) is 41.2 Å². The van der Waals surface area contributed by atoms with Gasteiger partial charge in [-0.1, -0.05) is 31.2 Å². The molecule has 0 radical (unpaired) electrons. The Morgan fingerprint density at radius 3 is 2.95 bits per heavy atom. The number of hydrogen-bond acceptors (Lipinski definition) is 3. The van der Waals surface area contributed by atoms with Crippen LogP contribution in [0.15, 0.2) is 60.0 Å². The van der Waals surface area contributed by atoms with E-state index in [0.717, 1.165) is 45.2 Å². The van der Waals surface area contributed by atoms with Crippen molar-refractivity contribution in [2.75, 3.05) is 19.6 Å². The number of aromatic nitrogens is 1. The lowest BCUT2D eigenvalue weighted by molar-refractivity contribution is -0.139. The van der Waals surface area contributed by atoms with Gasteiger partial charge in [-0.3, -0.25) is 4.98 Å². The standard InChI is InChI=1S/C33H39FN2O/c1-31-11-8-27-17-26-5-2-22(20-36-15-10-28(34)21-36)18-32(26)12-13-33(27,37-32)30(31)7-6-29(31)24-4-3-23-9-14-35-19-25(23)16-24/h3-4,8-9,14,16-17,19,22,28-30H,2,5-7,10-13,15,18,20-21H2,1H3/t22?,28?,29?,30-,31?,32-,33-/m1/s1. The molecule has 4 fully saturated rings. The Hall–Kier alpha value is -2.04. The van der Waals surface area contributed by atoms with Crippen LogP contribution in [0.3, 0.4) is 0 Å². The summed E-state index contributed by atoms with van der Waals surface area (Å²) in [6, 6.07) is 9.18. The molecule has 4 heteroatoms. The summed E-state index contributed by atoms with van der Waals surface area (Å²) in [4.78, 5) is 6.76. The molecule has 3 aliphatic carbocycles. The molecule has 6 aliphatic rings. The van der Waals surface area contributed by atoms with E-state index in [-0.39, 0.29) is 16.6 Å². The molecule has 37 heavy (non-hydrogen) atoms. The second-order valence-electron chi connectivity index (χ2n) is 13.4. The van der Waals surface area contributed by atoms with Crippen LogP contribution in [0.25, 0.3) is 10.8 Å². The zero-order valence-corrected chi connectivity index (χ0v) is 22.1. The highest BCUT2D eigenvalue weighted by atomic mass is 19.1. The number of ether oxygens (including phenoxy) is 1. The molecular formula is C33H39FN2O. The van der Waals surface area contributed by atoms with Crippen molar-refractivity contribution in [3.8, 4) is 0 Å². The van der Waals surface area contributed by atoms with Crippen molar-refractivity contribution in [2.45, 2.75) is 88.0 Å². The summed E-state index contributed by atoms with van der Waals surface area (Å²) in [5.74, 6) is 1.75. The molecule has 4 heterocycles. The van der Waals surface area contributed by atoms with Crippen LogP contribution in [0.2, 0.25) is 0 Å². The van der Waals surface area contributed by atoms with Crippen molar-refractivity contribution in [1.82, 2.24) is 9.88 Å². The molecule has 3 nitrogen and oxygen atoms in total. The van der Waals surface area contributed by atoms with Gasteiger partial charge >= 0.3 is 0 Å². The fourth-order valence-corrected chi connectivity index (χ4v) is 9.85. The third-order valence-electron chi connectivity index (χ3n) is 11.6. The van der Waals surface area contributed by atoms with E-state index in [9.17, 15) is 4.39 Å². The van der Waals surface area contributed by atoms with Gasteiger partial charge in [-0.25, -0.2) is 4.39 Å². The van der Waals surface area contributed by atoms with Gasteiger partial charge in [-0.05, 0) is 115 Å². The van der Waals surface area contributed by atoms with Gasteiger partial charge in [0.25, 0.3) is 0 Å². The lowest BCUT2D eigenvalue weighted by Gasteiger charge is -2.54. The van der Waals surface area contributed by atoms with Crippen LogP contribution in [0.5, 0.6) is 0 Å². The van der Waals surface area contributed by atoms with Crippen molar-refractivity contribution in [3.05, 3.63) is 65.5 Å². The first kappa shape index (κ1) is 22.9. The van der Waals surface area contributed by atoms with E-state index in [1.807, 2.05) is 12.4 Å². The van der Waals surface area contributed by atoms with E-state index in [4.69, 9.17) is 4.74 Å². The summed E-state index contributed by atoms with van der Waals surface area (Å²) < 4.78 is 21.3. The Kier molecular flexibility index (Phi) is 4.94. The summed E-state index contributed by atoms with van der Waals surface area (Å²) in [7, 11) is 0. The Morgan fingerprint density at radius 2 is 2.05 bits per heavy atom. The first-order valence-electron chi connectivity index (χ1n) is 14.8. The third-order valence-corrected chi connectivity index (χ3v) is 11.6. The maximum atomic E-state index is 13.8. The number of likely N-dealkylation sites (tertiary alicyclic amines) is 1. The van der Waals surface area contributed by atoms with Crippen molar-refractivity contribution >= 4 is 10.8 Å². The Balaban J connectivity index is 1.10. The molecule has 2 spiro atoms. The number of rotatable bonds is 3. The maximum absolute atomic E-state index is 13.8. The van der Waals surface area contributed by atoms with Crippen LogP contribution in [0.1, 0.15) is 76.2 Å². The smallest absolute Gasteiger partial charge is 0.114 e. The normalized spacial score (nSPS) is 42.8. The average Bonchev–Trinajstić information content (AvgIpc) is 3.57.